The van der Waals surface area contributed by atoms with Crippen LogP contribution in [0.15, 0.2) is 12.1 Å². The summed E-state index contributed by atoms with van der Waals surface area (Å²) in [4.78, 5) is 0. The van der Waals surface area contributed by atoms with Gasteiger partial charge in [0.15, 0.2) is 0 Å². The SMILES string of the molecule is Cc1ccc(C(N)CCO)c(N)c1C. The number of nitrogen functional groups attached to an aromatic ring is 1. The molecule has 1 atom stereocenters. The van der Waals surface area contributed by atoms with Gasteiger partial charge in [-0.3, -0.25) is 0 Å². The van der Waals surface area contributed by atoms with Crippen LogP contribution in [0.5, 0.6) is 0 Å². The zero-order valence-corrected chi connectivity index (χ0v) is 8.75. The average molecular weight is 194 g/mol. The van der Waals surface area contributed by atoms with Gasteiger partial charge in [-0.2, -0.15) is 0 Å². The number of aliphatic hydroxyl groups excluding tert-OH is 1. The number of anilines is 1. The first-order chi connectivity index (χ1) is 6.57. The summed E-state index contributed by atoms with van der Waals surface area (Å²) in [6.07, 6.45) is 0.548. The van der Waals surface area contributed by atoms with Gasteiger partial charge in [-0.1, -0.05) is 12.1 Å². The normalized spacial score (nSPS) is 12.9. The number of benzene rings is 1. The van der Waals surface area contributed by atoms with Gasteiger partial charge in [-0.25, -0.2) is 0 Å². The van der Waals surface area contributed by atoms with Gasteiger partial charge >= 0.3 is 0 Å². The maximum Gasteiger partial charge on any atom is 0.0449 e. The Balaban J connectivity index is 3.04. The van der Waals surface area contributed by atoms with Crippen LogP contribution in [0.3, 0.4) is 0 Å². The highest BCUT2D eigenvalue weighted by atomic mass is 16.3. The van der Waals surface area contributed by atoms with Crippen LogP contribution in [-0.4, -0.2) is 11.7 Å². The zero-order chi connectivity index (χ0) is 10.7. The van der Waals surface area contributed by atoms with Crippen molar-refractivity contribution in [3.63, 3.8) is 0 Å². The Morgan fingerprint density at radius 3 is 2.57 bits per heavy atom. The van der Waals surface area contributed by atoms with E-state index in [0.29, 0.717) is 6.42 Å². The fraction of sp³-hybridized carbons (Fsp3) is 0.455. The number of rotatable bonds is 3. The summed E-state index contributed by atoms with van der Waals surface area (Å²) in [5.74, 6) is 0. The molecule has 3 nitrogen and oxygen atoms in total. The molecule has 0 aliphatic rings. The Labute approximate surface area is 84.7 Å². The van der Waals surface area contributed by atoms with E-state index in [9.17, 15) is 0 Å². The summed E-state index contributed by atoms with van der Waals surface area (Å²) >= 11 is 0. The van der Waals surface area contributed by atoms with E-state index in [-0.39, 0.29) is 12.6 Å². The first-order valence-electron chi connectivity index (χ1n) is 4.80. The molecule has 0 aliphatic carbocycles. The van der Waals surface area contributed by atoms with Crippen molar-refractivity contribution in [1.29, 1.82) is 0 Å². The molecule has 5 N–H and O–H groups in total. The molecule has 1 unspecified atom stereocenters. The van der Waals surface area contributed by atoms with Gasteiger partial charge in [-0.05, 0) is 37.0 Å². The molecular formula is C11H18N2O. The van der Waals surface area contributed by atoms with Crippen LogP contribution in [0.4, 0.5) is 5.69 Å². The molecule has 1 rings (SSSR count). The zero-order valence-electron chi connectivity index (χ0n) is 8.75. The predicted octanol–water partition coefficient (Wildman–Crippen LogP) is 1.27. The lowest BCUT2D eigenvalue weighted by atomic mass is 9.97. The summed E-state index contributed by atoms with van der Waals surface area (Å²) in [5.41, 5.74) is 15.8. The Morgan fingerprint density at radius 2 is 2.00 bits per heavy atom. The van der Waals surface area contributed by atoms with E-state index in [1.54, 1.807) is 0 Å². The lowest BCUT2D eigenvalue weighted by molar-refractivity contribution is 0.276. The highest BCUT2D eigenvalue weighted by Gasteiger charge is 2.11. The fourth-order valence-corrected chi connectivity index (χ4v) is 1.48. The number of hydrogen-bond acceptors (Lipinski definition) is 3. The quantitative estimate of drug-likeness (QED) is 0.634. The first-order valence-corrected chi connectivity index (χ1v) is 4.80. The van der Waals surface area contributed by atoms with E-state index in [1.165, 1.54) is 5.56 Å². The Kier molecular flexibility index (Phi) is 3.49. The van der Waals surface area contributed by atoms with Crippen LogP contribution in [0.2, 0.25) is 0 Å². The third-order valence-corrected chi connectivity index (χ3v) is 2.66. The van der Waals surface area contributed by atoms with Crippen LogP contribution in [0.1, 0.15) is 29.2 Å². The second kappa shape index (κ2) is 4.44. The van der Waals surface area contributed by atoms with Gasteiger partial charge in [0.2, 0.25) is 0 Å². The van der Waals surface area contributed by atoms with Crippen molar-refractivity contribution in [1.82, 2.24) is 0 Å². The molecule has 0 fully saturated rings. The van der Waals surface area contributed by atoms with Crippen LogP contribution in [-0.2, 0) is 0 Å². The van der Waals surface area contributed by atoms with Crippen LogP contribution in [0, 0.1) is 13.8 Å². The van der Waals surface area contributed by atoms with Crippen molar-refractivity contribution < 1.29 is 5.11 Å². The van der Waals surface area contributed by atoms with Gasteiger partial charge in [0.25, 0.3) is 0 Å². The van der Waals surface area contributed by atoms with Crippen molar-refractivity contribution in [2.45, 2.75) is 26.3 Å². The Morgan fingerprint density at radius 1 is 1.36 bits per heavy atom. The molecule has 0 amide bonds. The summed E-state index contributed by atoms with van der Waals surface area (Å²) in [7, 11) is 0. The summed E-state index contributed by atoms with van der Waals surface area (Å²) in [6, 6.07) is 3.79. The van der Waals surface area contributed by atoms with Gasteiger partial charge in [0.1, 0.15) is 0 Å². The molecule has 0 bridgehead atoms. The van der Waals surface area contributed by atoms with Crippen LogP contribution < -0.4 is 11.5 Å². The molecule has 0 spiro atoms. The molecule has 78 valence electrons. The fourth-order valence-electron chi connectivity index (χ4n) is 1.48. The van der Waals surface area contributed by atoms with Crippen LogP contribution >= 0.6 is 0 Å². The second-order valence-electron chi connectivity index (χ2n) is 3.63. The average Bonchev–Trinajstić information content (AvgIpc) is 2.15. The van der Waals surface area contributed by atoms with Crippen molar-refractivity contribution >= 4 is 5.69 Å². The predicted molar refractivity (Wildman–Crippen MR) is 59.0 cm³/mol. The molecule has 0 radical (unpaired) electrons. The molecule has 3 heteroatoms. The van der Waals surface area contributed by atoms with Crippen molar-refractivity contribution in [3.8, 4) is 0 Å². The lowest BCUT2D eigenvalue weighted by Gasteiger charge is -2.16. The minimum absolute atomic E-state index is 0.0908. The molecule has 0 saturated heterocycles. The lowest BCUT2D eigenvalue weighted by Crippen LogP contribution is -2.14. The molecule has 0 heterocycles. The standard InChI is InChI=1S/C11H18N2O/c1-7-3-4-9(10(12)5-6-14)11(13)8(7)2/h3-4,10,14H,5-6,12-13H2,1-2H3. The highest BCUT2D eigenvalue weighted by Crippen LogP contribution is 2.26. The maximum absolute atomic E-state index is 8.79. The highest BCUT2D eigenvalue weighted by molar-refractivity contribution is 5.57. The summed E-state index contributed by atoms with van der Waals surface area (Å²) < 4.78 is 0. The smallest absolute Gasteiger partial charge is 0.0449 e. The molecular weight excluding hydrogens is 176 g/mol. The third-order valence-electron chi connectivity index (χ3n) is 2.66. The Hall–Kier alpha value is -1.06. The van der Waals surface area contributed by atoms with E-state index in [1.807, 2.05) is 26.0 Å². The first kappa shape index (κ1) is 11.0. The van der Waals surface area contributed by atoms with Crippen molar-refractivity contribution in [2.75, 3.05) is 12.3 Å². The van der Waals surface area contributed by atoms with Gasteiger partial charge in [0, 0.05) is 18.3 Å². The number of hydrogen-bond donors (Lipinski definition) is 3. The molecule has 1 aromatic carbocycles. The van der Waals surface area contributed by atoms with Crippen molar-refractivity contribution in [2.24, 2.45) is 5.73 Å². The van der Waals surface area contributed by atoms with Crippen molar-refractivity contribution in [3.05, 3.63) is 28.8 Å². The minimum Gasteiger partial charge on any atom is -0.398 e. The largest absolute Gasteiger partial charge is 0.398 e. The topological polar surface area (TPSA) is 72.3 Å². The van der Waals surface area contributed by atoms with E-state index in [2.05, 4.69) is 0 Å². The van der Waals surface area contributed by atoms with E-state index in [0.717, 1.165) is 16.8 Å². The monoisotopic (exact) mass is 194 g/mol. The number of aryl methyl sites for hydroxylation is 1. The number of nitrogens with two attached hydrogens (primary N) is 2. The van der Waals surface area contributed by atoms with Gasteiger partial charge in [0.05, 0.1) is 0 Å². The summed E-state index contributed by atoms with van der Waals surface area (Å²) in [6.45, 7) is 4.10. The van der Waals surface area contributed by atoms with Crippen LogP contribution in [0.25, 0.3) is 0 Å². The Bertz CT molecular complexity index is 323. The van der Waals surface area contributed by atoms with Gasteiger partial charge in [-0.15, -0.1) is 0 Å². The summed E-state index contributed by atoms with van der Waals surface area (Å²) in [5, 5.41) is 8.79. The molecule has 0 aromatic heterocycles. The van der Waals surface area contributed by atoms with E-state index in [4.69, 9.17) is 16.6 Å². The van der Waals surface area contributed by atoms with E-state index >= 15 is 0 Å². The minimum atomic E-state index is -0.167. The maximum atomic E-state index is 8.79. The number of aliphatic hydroxyl groups is 1. The molecule has 0 aliphatic heterocycles. The molecule has 14 heavy (non-hydrogen) atoms. The molecule has 0 saturated carbocycles. The molecule has 1 aromatic rings. The van der Waals surface area contributed by atoms with E-state index < -0.39 is 0 Å². The second-order valence-corrected chi connectivity index (χ2v) is 3.63. The van der Waals surface area contributed by atoms with Gasteiger partial charge < -0.3 is 16.6 Å². The third kappa shape index (κ3) is 2.05.